The number of carbonyl (C=O) groups is 1. The molecule has 1 N–H and O–H groups in total. The van der Waals surface area contributed by atoms with Gasteiger partial charge in [-0.3, -0.25) is 14.2 Å². The van der Waals surface area contributed by atoms with Gasteiger partial charge in [0.1, 0.15) is 0 Å². The van der Waals surface area contributed by atoms with Crippen molar-refractivity contribution in [2.45, 2.75) is 25.6 Å². The van der Waals surface area contributed by atoms with Crippen LogP contribution in [0.15, 0.2) is 47.3 Å². The second-order valence-electron chi connectivity index (χ2n) is 8.62. The van der Waals surface area contributed by atoms with Gasteiger partial charge >= 0.3 is 4.87 Å². The van der Waals surface area contributed by atoms with E-state index < -0.39 is 10.0 Å². The van der Waals surface area contributed by atoms with Crippen LogP contribution in [0.1, 0.15) is 35.8 Å². The van der Waals surface area contributed by atoms with Crippen LogP contribution in [0.3, 0.4) is 0 Å². The largest absolute Gasteiger partial charge is 0.322 e. The minimum Gasteiger partial charge on any atom is -0.322 e. The molecule has 0 aliphatic carbocycles. The van der Waals surface area contributed by atoms with Crippen molar-refractivity contribution in [3.63, 3.8) is 0 Å². The van der Waals surface area contributed by atoms with Gasteiger partial charge in [0.05, 0.1) is 16.0 Å². The van der Waals surface area contributed by atoms with Crippen LogP contribution in [0.25, 0.3) is 10.2 Å². The number of nitrogens with one attached hydrogen (secondary N) is 1. The number of likely N-dealkylation sites (N-methyl/N-ethyl adjacent to an activating group) is 1. The summed E-state index contributed by atoms with van der Waals surface area (Å²) in [5, 5.41) is 2.86. The first-order chi connectivity index (χ1) is 15.6. The Balaban J connectivity index is 1.44. The summed E-state index contributed by atoms with van der Waals surface area (Å²) in [5.41, 5.74) is 2.53. The normalized spacial score (nSPS) is 15.9. The number of piperazine rings is 1. The predicted octanol–water partition coefficient (Wildman–Crippen LogP) is 2.97. The van der Waals surface area contributed by atoms with Gasteiger partial charge in [0, 0.05) is 43.5 Å². The first-order valence-corrected chi connectivity index (χ1v) is 13.3. The lowest BCUT2D eigenvalue weighted by Crippen LogP contribution is -2.47. The molecule has 33 heavy (non-hydrogen) atoms. The quantitative estimate of drug-likeness (QED) is 0.576. The predicted molar refractivity (Wildman–Crippen MR) is 133 cm³/mol. The Labute approximate surface area is 197 Å². The number of anilines is 1. The summed E-state index contributed by atoms with van der Waals surface area (Å²) in [5.74, 6) is -0.375. The summed E-state index contributed by atoms with van der Waals surface area (Å²) in [4.78, 5) is 27.0. The molecule has 4 rings (SSSR count). The molecular formula is C23H28N4O4S2. The molecule has 0 radical (unpaired) electrons. The van der Waals surface area contributed by atoms with Crippen molar-refractivity contribution in [3.8, 4) is 0 Å². The van der Waals surface area contributed by atoms with E-state index in [0.29, 0.717) is 29.9 Å². The second-order valence-corrected chi connectivity index (χ2v) is 11.6. The SMILES string of the molecule is CC(C)n1c(=O)sc2cc(NC(=O)c3ccc(CS(=O)(=O)N4CCN(C)CC4)cc3)ccc21. The lowest BCUT2D eigenvalue weighted by molar-refractivity contribution is 0.102. The lowest BCUT2D eigenvalue weighted by Gasteiger charge is -2.31. The van der Waals surface area contributed by atoms with Crippen LogP contribution in [0.4, 0.5) is 5.69 Å². The number of benzene rings is 2. The average Bonchev–Trinajstić information content (AvgIpc) is 3.09. The molecule has 1 aliphatic heterocycles. The molecule has 10 heteroatoms. The summed E-state index contributed by atoms with van der Waals surface area (Å²) >= 11 is 1.16. The third kappa shape index (κ3) is 5.19. The number of fused-ring (bicyclic) bond motifs is 1. The summed E-state index contributed by atoms with van der Waals surface area (Å²) in [6.07, 6.45) is 0. The number of sulfonamides is 1. The van der Waals surface area contributed by atoms with E-state index in [1.807, 2.05) is 27.0 Å². The van der Waals surface area contributed by atoms with E-state index in [1.54, 1.807) is 41.0 Å². The van der Waals surface area contributed by atoms with Crippen molar-refractivity contribution in [2.24, 2.45) is 0 Å². The average molecular weight is 489 g/mol. The molecule has 176 valence electrons. The van der Waals surface area contributed by atoms with Gasteiger partial charge in [-0.2, -0.15) is 4.31 Å². The fourth-order valence-electron chi connectivity index (χ4n) is 3.93. The summed E-state index contributed by atoms with van der Waals surface area (Å²) < 4.78 is 29.5. The van der Waals surface area contributed by atoms with Gasteiger partial charge in [-0.15, -0.1) is 0 Å². The van der Waals surface area contributed by atoms with Crippen LogP contribution >= 0.6 is 11.3 Å². The number of thiazole rings is 1. The van der Waals surface area contributed by atoms with Crippen LogP contribution in [-0.4, -0.2) is 61.3 Å². The Morgan fingerprint density at radius 1 is 1.06 bits per heavy atom. The molecule has 2 heterocycles. The Kier molecular flexibility index (Phi) is 6.71. The fourth-order valence-corrected chi connectivity index (χ4v) is 6.50. The highest BCUT2D eigenvalue weighted by Crippen LogP contribution is 2.24. The van der Waals surface area contributed by atoms with Gasteiger partial charge in [-0.25, -0.2) is 8.42 Å². The van der Waals surface area contributed by atoms with Crippen molar-refractivity contribution in [1.82, 2.24) is 13.8 Å². The van der Waals surface area contributed by atoms with Crippen LogP contribution in [-0.2, 0) is 15.8 Å². The number of carbonyl (C=O) groups excluding carboxylic acids is 1. The van der Waals surface area contributed by atoms with Crippen LogP contribution in [0.5, 0.6) is 0 Å². The summed E-state index contributed by atoms with van der Waals surface area (Å²) in [6, 6.07) is 12.1. The first kappa shape index (κ1) is 23.6. The van der Waals surface area contributed by atoms with Crippen LogP contribution in [0.2, 0.25) is 0 Å². The van der Waals surface area contributed by atoms with Gasteiger partial charge < -0.3 is 10.2 Å². The molecule has 2 aromatic carbocycles. The second kappa shape index (κ2) is 9.38. The maximum atomic E-state index is 12.7. The standard InChI is InChI=1S/C23H28N4O4S2/c1-16(2)27-20-9-8-19(14-21(20)32-23(27)29)24-22(28)18-6-4-17(5-7-18)15-33(30,31)26-12-10-25(3)11-13-26/h4-9,14,16H,10-13,15H2,1-3H3,(H,24,28). The van der Waals surface area contributed by atoms with E-state index in [2.05, 4.69) is 10.2 Å². The molecule has 1 saturated heterocycles. The monoisotopic (exact) mass is 488 g/mol. The van der Waals surface area contributed by atoms with Crippen LogP contribution < -0.4 is 10.2 Å². The fraction of sp³-hybridized carbons (Fsp3) is 0.391. The van der Waals surface area contributed by atoms with Crippen molar-refractivity contribution in [1.29, 1.82) is 0 Å². The van der Waals surface area contributed by atoms with Gasteiger partial charge in [0.2, 0.25) is 10.0 Å². The molecule has 0 atom stereocenters. The highest BCUT2D eigenvalue weighted by Gasteiger charge is 2.25. The highest BCUT2D eigenvalue weighted by molar-refractivity contribution is 7.88. The Morgan fingerprint density at radius 3 is 2.36 bits per heavy atom. The minimum absolute atomic E-state index is 0.0226. The van der Waals surface area contributed by atoms with E-state index in [4.69, 9.17) is 0 Å². The third-order valence-corrected chi connectivity index (χ3v) is 8.58. The maximum absolute atomic E-state index is 12.7. The van der Waals surface area contributed by atoms with Gasteiger partial charge in [0.25, 0.3) is 5.91 Å². The molecule has 0 unspecified atom stereocenters. The number of aromatic nitrogens is 1. The van der Waals surface area contributed by atoms with E-state index in [0.717, 1.165) is 34.6 Å². The van der Waals surface area contributed by atoms with Gasteiger partial charge in [-0.05, 0) is 56.8 Å². The Morgan fingerprint density at radius 2 is 1.73 bits per heavy atom. The topological polar surface area (TPSA) is 91.7 Å². The Hall–Kier alpha value is -2.53. The molecule has 1 fully saturated rings. The van der Waals surface area contributed by atoms with Gasteiger partial charge in [0.15, 0.2) is 0 Å². The molecule has 8 nitrogen and oxygen atoms in total. The van der Waals surface area contributed by atoms with E-state index in [-0.39, 0.29) is 22.6 Å². The molecule has 0 saturated carbocycles. The molecule has 1 amide bonds. The molecule has 1 aliphatic rings. The van der Waals surface area contributed by atoms with E-state index >= 15 is 0 Å². The summed E-state index contributed by atoms with van der Waals surface area (Å²) in [7, 11) is -1.41. The number of nitrogens with zero attached hydrogens (tertiary/aromatic N) is 3. The first-order valence-electron chi connectivity index (χ1n) is 10.9. The molecule has 0 spiro atoms. The zero-order chi connectivity index (χ0) is 23.8. The molecule has 3 aromatic rings. The van der Waals surface area contributed by atoms with Crippen molar-refractivity contribution >= 4 is 43.2 Å². The molecular weight excluding hydrogens is 460 g/mol. The highest BCUT2D eigenvalue weighted by atomic mass is 32.2. The number of rotatable bonds is 6. The number of hydrogen-bond donors (Lipinski definition) is 1. The Bertz CT molecular complexity index is 1320. The smallest absolute Gasteiger partial charge is 0.308 e. The van der Waals surface area contributed by atoms with Crippen molar-refractivity contribution in [3.05, 3.63) is 63.3 Å². The number of hydrogen-bond acceptors (Lipinski definition) is 6. The lowest BCUT2D eigenvalue weighted by atomic mass is 10.1. The molecule has 1 aromatic heterocycles. The number of amides is 1. The zero-order valence-corrected chi connectivity index (χ0v) is 20.6. The molecule has 0 bridgehead atoms. The van der Waals surface area contributed by atoms with Crippen LogP contribution in [0, 0.1) is 0 Å². The summed E-state index contributed by atoms with van der Waals surface area (Å²) in [6.45, 7) is 6.37. The maximum Gasteiger partial charge on any atom is 0.308 e. The van der Waals surface area contributed by atoms with Gasteiger partial charge in [-0.1, -0.05) is 23.5 Å². The van der Waals surface area contributed by atoms with Crippen molar-refractivity contribution in [2.75, 3.05) is 38.5 Å². The third-order valence-electron chi connectivity index (χ3n) is 5.81. The minimum atomic E-state index is -3.39. The van der Waals surface area contributed by atoms with Crippen molar-refractivity contribution < 1.29 is 13.2 Å². The van der Waals surface area contributed by atoms with E-state index in [9.17, 15) is 18.0 Å². The zero-order valence-electron chi connectivity index (χ0n) is 18.9. The van der Waals surface area contributed by atoms with E-state index in [1.165, 1.54) is 4.31 Å².